The molecule has 0 bridgehead atoms. The van der Waals surface area contributed by atoms with Crippen molar-refractivity contribution in [1.29, 1.82) is 0 Å². The third-order valence-corrected chi connectivity index (χ3v) is 6.00. The standard InChI is InChI=1S/C22H32N4O3/c1-2-23-22(24-11-9-16-7-8-19-20(13-16)29-15-28-19)25-18-10-12-26(14-18)21(27)17-5-3-4-6-17/h7-8,13,17-18H,2-6,9-12,14-15H2,1H3,(H2,23,24,25). The normalized spacial score (nSPS) is 21.6. The summed E-state index contributed by atoms with van der Waals surface area (Å²) in [7, 11) is 0. The summed E-state index contributed by atoms with van der Waals surface area (Å²) >= 11 is 0. The summed E-state index contributed by atoms with van der Waals surface area (Å²) in [5.41, 5.74) is 1.18. The van der Waals surface area contributed by atoms with E-state index in [-0.39, 0.29) is 12.0 Å². The number of hydrogen-bond donors (Lipinski definition) is 2. The van der Waals surface area contributed by atoms with Crippen LogP contribution in [0.1, 0.15) is 44.6 Å². The Morgan fingerprint density at radius 2 is 2.03 bits per heavy atom. The molecule has 3 aliphatic rings. The second-order valence-corrected chi connectivity index (χ2v) is 8.09. The average Bonchev–Trinajstić information content (AvgIpc) is 3.48. The van der Waals surface area contributed by atoms with Crippen molar-refractivity contribution in [2.75, 3.05) is 33.0 Å². The fourth-order valence-corrected chi connectivity index (χ4v) is 4.42. The van der Waals surface area contributed by atoms with E-state index in [0.717, 1.165) is 62.8 Å². The Morgan fingerprint density at radius 3 is 2.86 bits per heavy atom. The Hall–Kier alpha value is -2.44. The fourth-order valence-electron chi connectivity index (χ4n) is 4.42. The van der Waals surface area contributed by atoms with Crippen molar-refractivity contribution >= 4 is 11.9 Å². The second kappa shape index (κ2) is 9.37. The predicted octanol–water partition coefficient (Wildman–Crippen LogP) is 2.30. The molecule has 0 radical (unpaired) electrons. The molecule has 2 N–H and O–H groups in total. The fraction of sp³-hybridized carbons (Fsp3) is 0.636. The molecule has 2 heterocycles. The molecule has 1 aromatic carbocycles. The predicted molar refractivity (Wildman–Crippen MR) is 112 cm³/mol. The molecule has 158 valence electrons. The zero-order valence-electron chi connectivity index (χ0n) is 17.3. The Labute approximate surface area is 172 Å². The second-order valence-electron chi connectivity index (χ2n) is 8.09. The maximum absolute atomic E-state index is 12.6. The van der Waals surface area contributed by atoms with Gasteiger partial charge in [-0.3, -0.25) is 9.79 Å². The third-order valence-electron chi connectivity index (χ3n) is 6.00. The number of likely N-dealkylation sites (tertiary alicyclic amines) is 1. The molecule has 1 saturated heterocycles. The van der Waals surface area contributed by atoms with Crippen molar-refractivity contribution in [3.05, 3.63) is 23.8 Å². The van der Waals surface area contributed by atoms with Gasteiger partial charge in [-0.2, -0.15) is 0 Å². The number of rotatable bonds is 6. The Balaban J connectivity index is 1.28. The number of amides is 1. The van der Waals surface area contributed by atoms with Crippen LogP contribution < -0.4 is 20.1 Å². The highest BCUT2D eigenvalue weighted by Gasteiger charge is 2.32. The number of carbonyl (C=O) groups is 1. The number of benzene rings is 1. The molecule has 1 aromatic rings. The van der Waals surface area contributed by atoms with Crippen molar-refractivity contribution < 1.29 is 14.3 Å². The van der Waals surface area contributed by atoms with Crippen molar-refractivity contribution in [3.63, 3.8) is 0 Å². The van der Waals surface area contributed by atoms with Gasteiger partial charge in [-0.1, -0.05) is 18.9 Å². The number of carbonyl (C=O) groups excluding carboxylic acids is 1. The monoisotopic (exact) mass is 400 g/mol. The lowest BCUT2D eigenvalue weighted by molar-refractivity contribution is -0.134. The molecule has 2 aliphatic heterocycles. The summed E-state index contributed by atoms with van der Waals surface area (Å²) < 4.78 is 10.8. The summed E-state index contributed by atoms with van der Waals surface area (Å²) in [6, 6.07) is 6.32. The molecule has 1 unspecified atom stereocenters. The van der Waals surface area contributed by atoms with E-state index in [0.29, 0.717) is 19.2 Å². The molecule has 0 spiro atoms. The minimum Gasteiger partial charge on any atom is -0.454 e. The van der Waals surface area contributed by atoms with Gasteiger partial charge in [0, 0.05) is 38.1 Å². The SMILES string of the molecule is CCNC(=NCCc1ccc2c(c1)OCO2)NC1CCN(C(=O)C2CCCC2)C1. The van der Waals surface area contributed by atoms with Gasteiger partial charge in [0.05, 0.1) is 0 Å². The van der Waals surface area contributed by atoms with E-state index < -0.39 is 0 Å². The van der Waals surface area contributed by atoms with Gasteiger partial charge in [0.25, 0.3) is 0 Å². The van der Waals surface area contributed by atoms with Gasteiger partial charge in [0.1, 0.15) is 0 Å². The molecular weight excluding hydrogens is 368 g/mol. The van der Waals surface area contributed by atoms with Crippen molar-refractivity contribution in [2.45, 2.75) is 51.5 Å². The van der Waals surface area contributed by atoms with Crippen LogP contribution in [0.4, 0.5) is 0 Å². The van der Waals surface area contributed by atoms with E-state index in [1.165, 1.54) is 18.4 Å². The average molecular weight is 401 g/mol. The first kappa shape index (κ1) is 19.9. The Bertz CT molecular complexity index is 746. The van der Waals surface area contributed by atoms with Crippen LogP contribution in [0.5, 0.6) is 11.5 Å². The van der Waals surface area contributed by atoms with Gasteiger partial charge in [0.15, 0.2) is 17.5 Å². The van der Waals surface area contributed by atoms with Crippen LogP contribution in [0.2, 0.25) is 0 Å². The van der Waals surface area contributed by atoms with Gasteiger partial charge in [0.2, 0.25) is 12.7 Å². The van der Waals surface area contributed by atoms with E-state index in [1.54, 1.807) is 0 Å². The molecule has 1 saturated carbocycles. The lowest BCUT2D eigenvalue weighted by Crippen LogP contribution is -2.45. The molecule has 1 aliphatic carbocycles. The molecule has 4 rings (SSSR count). The summed E-state index contributed by atoms with van der Waals surface area (Å²) in [4.78, 5) is 19.4. The molecule has 1 amide bonds. The highest BCUT2D eigenvalue weighted by Crippen LogP contribution is 2.32. The Kier molecular flexibility index (Phi) is 6.42. The van der Waals surface area contributed by atoms with Gasteiger partial charge >= 0.3 is 0 Å². The minimum absolute atomic E-state index is 0.261. The van der Waals surface area contributed by atoms with Crippen LogP contribution in [-0.4, -0.2) is 55.8 Å². The first-order chi connectivity index (χ1) is 14.2. The van der Waals surface area contributed by atoms with E-state index >= 15 is 0 Å². The van der Waals surface area contributed by atoms with Crippen LogP contribution in [-0.2, 0) is 11.2 Å². The topological polar surface area (TPSA) is 75.2 Å². The number of ether oxygens (including phenoxy) is 2. The molecule has 1 atom stereocenters. The molecule has 2 fully saturated rings. The van der Waals surface area contributed by atoms with E-state index in [4.69, 9.17) is 14.5 Å². The third kappa shape index (κ3) is 4.95. The molecular formula is C22H32N4O3. The first-order valence-electron chi connectivity index (χ1n) is 10.9. The summed E-state index contributed by atoms with van der Waals surface area (Å²) in [6.45, 7) is 5.50. The van der Waals surface area contributed by atoms with Crippen LogP contribution in [0, 0.1) is 5.92 Å². The maximum Gasteiger partial charge on any atom is 0.231 e. The van der Waals surface area contributed by atoms with Crippen LogP contribution in [0.15, 0.2) is 23.2 Å². The highest BCUT2D eigenvalue weighted by atomic mass is 16.7. The van der Waals surface area contributed by atoms with Crippen LogP contribution >= 0.6 is 0 Å². The molecule has 7 nitrogen and oxygen atoms in total. The van der Waals surface area contributed by atoms with Gasteiger partial charge in [-0.05, 0) is 50.3 Å². The zero-order chi connectivity index (χ0) is 20.1. The quantitative estimate of drug-likeness (QED) is 0.566. The summed E-state index contributed by atoms with van der Waals surface area (Å²) in [6.07, 6.45) is 6.35. The van der Waals surface area contributed by atoms with Gasteiger partial charge in [-0.15, -0.1) is 0 Å². The smallest absolute Gasteiger partial charge is 0.231 e. The number of nitrogens with zero attached hydrogens (tertiary/aromatic N) is 2. The summed E-state index contributed by atoms with van der Waals surface area (Å²) in [5, 5.41) is 6.85. The van der Waals surface area contributed by atoms with Gasteiger partial charge < -0.3 is 25.0 Å². The summed E-state index contributed by atoms with van der Waals surface area (Å²) in [5.74, 6) is 3.07. The van der Waals surface area contributed by atoms with E-state index in [9.17, 15) is 4.79 Å². The number of guanidine groups is 1. The van der Waals surface area contributed by atoms with E-state index in [1.807, 2.05) is 17.0 Å². The van der Waals surface area contributed by atoms with Crippen molar-refractivity contribution in [1.82, 2.24) is 15.5 Å². The Morgan fingerprint density at radius 1 is 1.21 bits per heavy atom. The number of aliphatic imine (C=N–C) groups is 1. The highest BCUT2D eigenvalue weighted by molar-refractivity contribution is 5.81. The number of nitrogens with one attached hydrogen (secondary N) is 2. The van der Waals surface area contributed by atoms with Crippen molar-refractivity contribution in [3.8, 4) is 11.5 Å². The largest absolute Gasteiger partial charge is 0.454 e. The first-order valence-corrected chi connectivity index (χ1v) is 10.9. The maximum atomic E-state index is 12.6. The lowest BCUT2D eigenvalue weighted by atomic mass is 10.1. The van der Waals surface area contributed by atoms with Crippen LogP contribution in [0.25, 0.3) is 0 Å². The number of fused-ring (bicyclic) bond motifs is 1. The minimum atomic E-state index is 0.261. The number of hydrogen-bond acceptors (Lipinski definition) is 4. The zero-order valence-corrected chi connectivity index (χ0v) is 17.3. The molecule has 0 aromatic heterocycles. The van der Waals surface area contributed by atoms with Crippen LogP contribution in [0.3, 0.4) is 0 Å². The lowest BCUT2D eigenvalue weighted by Gasteiger charge is -2.21. The van der Waals surface area contributed by atoms with Crippen molar-refractivity contribution in [2.24, 2.45) is 10.9 Å². The molecule has 7 heteroatoms. The van der Waals surface area contributed by atoms with Gasteiger partial charge in [-0.25, -0.2) is 0 Å². The van der Waals surface area contributed by atoms with E-state index in [2.05, 4.69) is 23.6 Å². The molecule has 29 heavy (non-hydrogen) atoms.